The largest absolute Gasteiger partial charge is 0.493 e. The zero-order valence-corrected chi connectivity index (χ0v) is 18.6. The Morgan fingerprint density at radius 2 is 1.81 bits per heavy atom. The van der Waals surface area contributed by atoms with Crippen molar-refractivity contribution < 1.29 is 14.3 Å². The molecule has 0 aliphatic carbocycles. The third-order valence-electron chi connectivity index (χ3n) is 4.92. The number of aryl methyl sites for hydroxylation is 1. The molecule has 0 N–H and O–H groups in total. The van der Waals surface area contributed by atoms with E-state index in [4.69, 9.17) is 21.1 Å². The molecule has 2 aromatic carbocycles. The molecule has 0 radical (unpaired) electrons. The number of methoxy groups -OCH3 is 2. The normalized spacial score (nSPS) is 10.6. The molecule has 8 heteroatoms. The van der Waals surface area contributed by atoms with Gasteiger partial charge in [0, 0.05) is 25.4 Å². The maximum absolute atomic E-state index is 13.0. The standard InChI is InChI=1S/C23H24ClN3O4/c1-15-13-19(28)22(25-27(15)18-8-6-5-7-17(18)24)23(29)26(2)12-11-16-9-10-20(30-3)21(14-16)31-4/h5-10,13-14H,11-12H2,1-4H3. The van der Waals surface area contributed by atoms with Crippen LogP contribution in [0.4, 0.5) is 0 Å². The number of carbonyl (C=O) groups is 1. The summed E-state index contributed by atoms with van der Waals surface area (Å²) < 4.78 is 12.1. The van der Waals surface area contributed by atoms with Gasteiger partial charge in [-0.05, 0) is 43.2 Å². The second-order valence-electron chi connectivity index (χ2n) is 7.03. The highest BCUT2D eigenvalue weighted by atomic mass is 35.5. The average Bonchev–Trinajstić information content (AvgIpc) is 2.77. The van der Waals surface area contributed by atoms with Crippen molar-refractivity contribution in [1.82, 2.24) is 14.7 Å². The molecule has 0 unspecified atom stereocenters. The molecule has 0 aliphatic heterocycles. The van der Waals surface area contributed by atoms with Crippen LogP contribution >= 0.6 is 11.6 Å². The quantitative estimate of drug-likeness (QED) is 0.560. The fourth-order valence-electron chi connectivity index (χ4n) is 3.18. The minimum absolute atomic E-state index is 0.152. The molecule has 0 saturated carbocycles. The number of aromatic nitrogens is 2. The lowest BCUT2D eigenvalue weighted by Gasteiger charge is -2.18. The Labute approximate surface area is 185 Å². The van der Waals surface area contributed by atoms with Crippen LogP contribution in [0.2, 0.25) is 5.02 Å². The van der Waals surface area contributed by atoms with Gasteiger partial charge in [-0.2, -0.15) is 5.10 Å². The van der Waals surface area contributed by atoms with Gasteiger partial charge in [0.1, 0.15) is 0 Å². The van der Waals surface area contributed by atoms with Crippen LogP contribution in [0, 0.1) is 6.92 Å². The van der Waals surface area contributed by atoms with Gasteiger partial charge in [-0.15, -0.1) is 0 Å². The van der Waals surface area contributed by atoms with Gasteiger partial charge in [0.2, 0.25) is 5.43 Å². The van der Waals surface area contributed by atoms with E-state index in [2.05, 4.69) is 5.10 Å². The van der Waals surface area contributed by atoms with Crippen molar-refractivity contribution in [2.75, 3.05) is 27.8 Å². The summed E-state index contributed by atoms with van der Waals surface area (Å²) in [6, 6.07) is 14.1. The van der Waals surface area contributed by atoms with Crippen LogP contribution in [-0.2, 0) is 6.42 Å². The van der Waals surface area contributed by atoms with E-state index >= 15 is 0 Å². The maximum Gasteiger partial charge on any atom is 0.278 e. The first-order valence-corrected chi connectivity index (χ1v) is 10.1. The topological polar surface area (TPSA) is 73.7 Å². The number of rotatable bonds is 7. The first kappa shape index (κ1) is 22.4. The molecule has 1 heterocycles. The number of halogens is 1. The molecule has 7 nitrogen and oxygen atoms in total. The van der Waals surface area contributed by atoms with Crippen molar-refractivity contribution in [3.63, 3.8) is 0 Å². The minimum atomic E-state index is -0.453. The van der Waals surface area contributed by atoms with Crippen LogP contribution in [0.5, 0.6) is 11.5 Å². The predicted molar refractivity (Wildman–Crippen MR) is 120 cm³/mol. The van der Waals surface area contributed by atoms with E-state index in [1.54, 1.807) is 46.4 Å². The zero-order valence-electron chi connectivity index (χ0n) is 17.9. The number of nitrogens with zero attached hydrogens (tertiary/aromatic N) is 3. The Kier molecular flexibility index (Phi) is 6.97. The van der Waals surface area contributed by atoms with Gasteiger partial charge in [-0.1, -0.05) is 29.8 Å². The number of likely N-dealkylation sites (N-methyl/N-ethyl adjacent to an activating group) is 1. The van der Waals surface area contributed by atoms with E-state index in [-0.39, 0.29) is 5.69 Å². The van der Waals surface area contributed by atoms with E-state index in [1.165, 1.54) is 15.6 Å². The molecule has 0 spiro atoms. The highest BCUT2D eigenvalue weighted by Gasteiger charge is 2.20. The molecular formula is C23H24ClN3O4. The number of amides is 1. The smallest absolute Gasteiger partial charge is 0.278 e. The Morgan fingerprint density at radius 3 is 2.48 bits per heavy atom. The molecule has 0 bridgehead atoms. The predicted octanol–water partition coefficient (Wildman–Crippen LogP) is 3.53. The van der Waals surface area contributed by atoms with Crippen molar-refractivity contribution in [3.05, 3.63) is 80.7 Å². The number of hydrogen-bond donors (Lipinski definition) is 0. The third-order valence-corrected chi connectivity index (χ3v) is 5.24. The summed E-state index contributed by atoms with van der Waals surface area (Å²) in [5.41, 5.74) is 1.58. The Morgan fingerprint density at radius 1 is 1.10 bits per heavy atom. The lowest BCUT2D eigenvalue weighted by Crippen LogP contribution is -2.35. The van der Waals surface area contributed by atoms with Gasteiger partial charge in [-0.3, -0.25) is 9.59 Å². The Bertz CT molecular complexity index is 1160. The van der Waals surface area contributed by atoms with Crippen LogP contribution in [0.25, 0.3) is 5.69 Å². The number of para-hydroxylation sites is 1. The highest BCUT2D eigenvalue weighted by Crippen LogP contribution is 2.27. The van der Waals surface area contributed by atoms with Gasteiger partial charge in [0.25, 0.3) is 5.91 Å². The van der Waals surface area contributed by atoms with Crippen LogP contribution in [0.1, 0.15) is 21.7 Å². The molecule has 162 valence electrons. The van der Waals surface area contributed by atoms with Crippen molar-refractivity contribution in [1.29, 1.82) is 0 Å². The lowest BCUT2D eigenvalue weighted by molar-refractivity contribution is 0.0787. The van der Waals surface area contributed by atoms with Gasteiger partial charge < -0.3 is 14.4 Å². The molecule has 0 saturated heterocycles. The number of hydrogen-bond acceptors (Lipinski definition) is 5. The summed E-state index contributed by atoms with van der Waals surface area (Å²) in [5.74, 6) is 0.808. The summed E-state index contributed by atoms with van der Waals surface area (Å²) >= 11 is 6.28. The first-order valence-electron chi connectivity index (χ1n) is 9.68. The number of ether oxygens (including phenoxy) is 2. The minimum Gasteiger partial charge on any atom is -0.493 e. The van der Waals surface area contributed by atoms with E-state index in [1.807, 2.05) is 24.3 Å². The summed E-state index contributed by atoms with van der Waals surface area (Å²) in [6.07, 6.45) is 0.577. The van der Waals surface area contributed by atoms with Gasteiger partial charge in [0.05, 0.1) is 24.9 Å². The fraction of sp³-hybridized carbons (Fsp3) is 0.261. The molecule has 0 fully saturated rings. The average molecular weight is 442 g/mol. The molecule has 1 amide bonds. The van der Waals surface area contributed by atoms with E-state index in [0.29, 0.717) is 40.9 Å². The van der Waals surface area contributed by atoms with Crippen LogP contribution in [0.3, 0.4) is 0 Å². The molecule has 3 rings (SSSR count). The molecular weight excluding hydrogens is 418 g/mol. The van der Waals surface area contributed by atoms with Gasteiger partial charge >= 0.3 is 0 Å². The summed E-state index contributed by atoms with van der Waals surface area (Å²) in [7, 11) is 4.79. The maximum atomic E-state index is 13.0. The number of benzene rings is 2. The highest BCUT2D eigenvalue weighted by molar-refractivity contribution is 6.32. The van der Waals surface area contributed by atoms with Gasteiger partial charge in [-0.25, -0.2) is 4.68 Å². The van der Waals surface area contributed by atoms with Crippen molar-refractivity contribution in [2.45, 2.75) is 13.3 Å². The van der Waals surface area contributed by atoms with Crippen LogP contribution < -0.4 is 14.9 Å². The van der Waals surface area contributed by atoms with Crippen LogP contribution in [0.15, 0.2) is 53.3 Å². The third kappa shape index (κ3) is 4.88. The fourth-order valence-corrected chi connectivity index (χ4v) is 3.39. The van der Waals surface area contributed by atoms with Gasteiger partial charge in [0.15, 0.2) is 17.2 Å². The molecule has 0 aliphatic rings. The van der Waals surface area contributed by atoms with Crippen LogP contribution in [-0.4, -0.2) is 48.4 Å². The monoisotopic (exact) mass is 441 g/mol. The molecule has 0 atom stereocenters. The Balaban J connectivity index is 1.82. The van der Waals surface area contributed by atoms with E-state index in [9.17, 15) is 9.59 Å². The van der Waals surface area contributed by atoms with E-state index < -0.39 is 11.3 Å². The molecule has 1 aromatic heterocycles. The summed E-state index contributed by atoms with van der Waals surface area (Å²) in [6.45, 7) is 2.14. The second kappa shape index (κ2) is 9.66. The lowest BCUT2D eigenvalue weighted by atomic mass is 10.1. The molecule has 3 aromatic rings. The second-order valence-corrected chi connectivity index (χ2v) is 7.44. The van der Waals surface area contributed by atoms with Crippen molar-refractivity contribution in [3.8, 4) is 17.2 Å². The SMILES string of the molecule is COc1ccc(CCN(C)C(=O)c2nn(-c3ccccc3Cl)c(C)cc2=O)cc1OC. The first-order chi connectivity index (χ1) is 14.8. The summed E-state index contributed by atoms with van der Waals surface area (Å²) in [4.78, 5) is 26.9. The zero-order chi connectivity index (χ0) is 22.5. The van der Waals surface area contributed by atoms with Crippen molar-refractivity contribution >= 4 is 17.5 Å². The molecule has 31 heavy (non-hydrogen) atoms. The Hall–Kier alpha value is -3.32. The summed E-state index contributed by atoms with van der Waals surface area (Å²) in [5, 5.41) is 4.79. The van der Waals surface area contributed by atoms with Crippen molar-refractivity contribution in [2.24, 2.45) is 0 Å². The number of carbonyl (C=O) groups excluding carboxylic acids is 1. The van der Waals surface area contributed by atoms with E-state index in [0.717, 1.165) is 5.56 Å².